The van der Waals surface area contributed by atoms with Gasteiger partial charge in [-0.1, -0.05) is 24.3 Å². The van der Waals surface area contributed by atoms with Gasteiger partial charge in [0.1, 0.15) is 6.54 Å². The molecule has 0 saturated heterocycles. The van der Waals surface area contributed by atoms with Crippen LogP contribution in [0.4, 0.5) is 5.69 Å². The van der Waals surface area contributed by atoms with Gasteiger partial charge in [-0.05, 0) is 60.7 Å². The molecule has 1 N–H and O–H groups in total. The number of carbonyl (C=O) groups excluding carboxylic acids is 1. The van der Waals surface area contributed by atoms with Gasteiger partial charge < -0.3 is 9.88 Å². The summed E-state index contributed by atoms with van der Waals surface area (Å²) in [6, 6.07) is 18.0. The number of para-hydroxylation sites is 1. The molecule has 0 bridgehead atoms. The van der Waals surface area contributed by atoms with E-state index in [2.05, 4.69) is 27.4 Å². The van der Waals surface area contributed by atoms with Crippen LogP contribution in [-0.2, 0) is 24.2 Å². The number of hydrogen-bond acceptors (Lipinski definition) is 3. The molecule has 2 aromatic heterocycles. The molecule has 5 rings (SSSR count). The van der Waals surface area contributed by atoms with Crippen molar-refractivity contribution in [1.82, 2.24) is 14.5 Å². The summed E-state index contributed by atoms with van der Waals surface area (Å²) in [5.41, 5.74) is 7.23. The number of rotatable bonds is 4. The third kappa shape index (κ3) is 3.05. The zero-order chi connectivity index (χ0) is 18.9. The molecule has 5 nitrogen and oxygen atoms in total. The lowest BCUT2D eigenvalue weighted by molar-refractivity contribution is -0.116. The number of imidazole rings is 1. The van der Waals surface area contributed by atoms with Crippen LogP contribution in [0.25, 0.3) is 22.3 Å². The van der Waals surface area contributed by atoms with E-state index >= 15 is 0 Å². The zero-order valence-electron chi connectivity index (χ0n) is 15.4. The summed E-state index contributed by atoms with van der Waals surface area (Å²) in [6.07, 6.45) is 6.93. The largest absolute Gasteiger partial charge is 0.325 e. The number of nitrogens with zero attached hydrogens (tertiary/aromatic N) is 3. The van der Waals surface area contributed by atoms with Crippen LogP contribution in [0.2, 0.25) is 0 Å². The molecule has 0 spiro atoms. The van der Waals surface area contributed by atoms with E-state index in [0.717, 1.165) is 40.8 Å². The normalized spacial score (nSPS) is 12.9. The average molecular weight is 368 g/mol. The SMILES string of the molecule is O=C(Cn1cnc2cccc(-c3ccccn3)c21)Nc1ccc2c(c1)CCC2. The van der Waals surface area contributed by atoms with Gasteiger partial charge >= 0.3 is 0 Å². The molecule has 0 radical (unpaired) electrons. The minimum absolute atomic E-state index is 0.0620. The monoisotopic (exact) mass is 368 g/mol. The van der Waals surface area contributed by atoms with Crippen LogP contribution in [0.5, 0.6) is 0 Å². The van der Waals surface area contributed by atoms with E-state index in [0.29, 0.717) is 0 Å². The molecule has 0 atom stereocenters. The second kappa shape index (κ2) is 6.93. The zero-order valence-corrected chi connectivity index (χ0v) is 15.4. The number of aromatic nitrogens is 3. The Labute approximate surface area is 163 Å². The van der Waals surface area contributed by atoms with Crippen LogP contribution in [0.1, 0.15) is 17.5 Å². The predicted molar refractivity (Wildman–Crippen MR) is 110 cm³/mol. The van der Waals surface area contributed by atoms with E-state index in [9.17, 15) is 4.79 Å². The Morgan fingerprint density at radius 3 is 2.82 bits per heavy atom. The summed E-state index contributed by atoms with van der Waals surface area (Å²) >= 11 is 0. The van der Waals surface area contributed by atoms with Gasteiger partial charge in [0.25, 0.3) is 0 Å². The van der Waals surface area contributed by atoms with Crippen LogP contribution in [0.15, 0.2) is 67.1 Å². The van der Waals surface area contributed by atoms with E-state index in [4.69, 9.17) is 0 Å². The predicted octanol–water partition coefficient (Wildman–Crippen LogP) is 4.23. The Bertz CT molecular complexity index is 1160. The highest BCUT2D eigenvalue weighted by molar-refractivity contribution is 5.95. The number of hydrogen-bond donors (Lipinski definition) is 1. The van der Waals surface area contributed by atoms with Gasteiger partial charge in [0.05, 0.1) is 23.1 Å². The summed E-state index contributed by atoms with van der Waals surface area (Å²) in [7, 11) is 0. The van der Waals surface area contributed by atoms with E-state index in [1.54, 1.807) is 12.5 Å². The van der Waals surface area contributed by atoms with Crippen molar-refractivity contribution in [3.8, 4) is 11.3 Å². The number of benzene rings is 2. The molecule has 0 unspecified atom stereocenters. The molecular weight excluding hydrogens is 348 g/mol. The average Bonchev–Trinajstić information content (AvgIpc) is 3.35. The summed E-state index contributed by atoms with van der Waals surface area (Å²) in [4.78, 5) is 21.6. The molecule has 4 aromatic rings. The topological polar surface area (TPSA) is 59.8 Å². The van der Waals surface area contributed by atoms with Gasteiger partial charge in [0.15, 0.2) is 0 Å². The fraction of sp³-hybridized carbons (Fsp3) is 0.174. The lowest BCUT2D eigenvalue weighted by atomic mass is 10.1. The summed E-state index contributed by atoms with van der Waals surface area (Å²) in [6.45, 7) is 0.206. The summed E-state index contributed by atoms with van der Waals surface area (Å²) < 4.78 is 1.89. The van der Waals surface area contributed by atoms with Crippen molar-refractivity contribution in [2.24, 2.45) is 0 Å². The first kappa shape index (κ1) is 16.7. The summed E-state index contributed by atoms with van der Waals surface area (Å²) in [5.74, 6) is -0.0620. The van der Waals surface area contributed by atoms with Crippen LogP contribution >= 0.6 is 0 Å². The maximum Gasteiger partial charge on any atom is 0.244 e. The molecule has 28 heavy (non-hydrogen) atoms. The van der Waals surface area contributed by atoms with Gasteiger partial charge in [0.2, 0.25) is 5.91 Å². The van der Waals surface area contributed by atoms with Crippen molar-refractivity contribution in [3.63, 3.8) is 0 Å². The lowest BCUT2D eigenvalue weighted by Crippen LogP contribution is -2.18. The van der Waals surface area contributed by atoms with Crippen molar-refractivity contribution in [2.45, 2.75) is 25.8 Å². The molecule has 0 aliphatic heterocycles. The first-order chi connectivity index (χ1) is 13.8. The second-order valence-corrected chi connectivity index (χ2v) is 7.15. The minimum Gasteiger partial charge on any atom is -0.325 e. The highest BCUT2D eigenvalue weighted by Crippen LogP contribution is 2.27. The fourth-order valence-electron chi connectivity index (χ4n) is 3.98. The van der Waals surface area contributed by atoms with Gasteiger partial charge in [-0.15, -0.1) is 0 Å². The molecule has 1 amide bonds. The minimum atomic E-state index is -0.0620. The molecule has 1 aliphatic carbocycles. The highest BCUT2D eigenvalue weighted by atomic mass is 16.1. The summed E-state index contributed by atoms with van der Waals surface area (Å²) in [5, 5.41) is 3.03. The molecular formula is C23H20N4O. The third-order valence-corrected chi connectivity index (χ3v) is 5.28. The van der Waals surface area contributed by atoms with E-state index in [-0.39, 0.29) is 12.5 Å². The van der Waals surface area contributed by atoms with Crippen LogP contribution in [0, 0.1) is 0 Å². The van der Waals surface area contributed by atoms with Gasteiger partial charge in [-0.25, -0.2) is 4.98 Å². The third-order valence-electron chi connectivity index (χ3n) is 5.28. The molecule has 138 valence electrons. The van der Waals surface area contributed by atoms with Gasteiger partial charge in [-0.3, -0.25) is 9.78 Å². The van der Waals surface area contributed by atoms with Crippen molar-refractivity contribution in [2.75, 3.05) is 5.32 Å². The van der Waals surface area contributed by atoms with Crippen molar-refractivity contribution in [1.29, 1.82) is 0 Å². The van der Waals surface area contributed by atoms with E-state index in [1.165, 1.54) is 17.5 Å². The molecule has 1 aliphatic rings. The number of anilines is 1. The first-order valence-corrected chi connectivity index (χ1v) is 9.55. The van der Waals surface area contributed by atoms with Gasteiger partial charge in [-0.2, -0.15) is 0 Å². The Balaban J connectivity index is 1.43. The maximum atomic E-state index is 12.7. The number of nitrogens with one attached hydrogen (secondary N) is 1. The lowest BCUT2D eigenvalue weighted by Gasteiger charge is -2.10. The van der Waals surface area contributed by atoms with Crippen LogP contribution in [0.3, 0.4) is 0 Å². The standard InChI is InChI=1S/C23H20N4O/c28-22(26-18-11-10-16-5-3-6-17(16)13-18)14-27-15-25-21-9-4-7-19(23(21)27)20-8-1-2-12-24-20/h1-2,4,7-13,15H,3,5-6,14H2,(H,26,28). The second-order valence-electron chi connectivity index (χ2n) is 7.15. The number of carbonyl (C=O) groups is 1. The van der Waals surface area contributed by atoms with Crippen LogP contribution < -0.4 is 5.32 Å². The molecule has 0 saturated carbocycles. The molecule has 2 heterocycles. The molecule has 0 fully saturated rings. The smallest absolute Gasteiger partial charge is 0.244 e. The maximum absolute atomic E-state index is 12.7. The quantitative estimate of drug-likeness (QED) is 0.586. The molecule has 5 heteroatoms. The fourth-order valence-corrected chi connectivity index (χ4v) is 3.98. The Morgan fingerprint density at radius 2 is 1.93 bits per heavy atom. The number of aryl methyl sites for hydroxylation is 2. The Morgan fingerprint density at radius 1 is 1.00 bits per heavy atom. The number of amides is 1. The molecule has 2 aromatic carbocycles. The van der Waals surface area contributed by atoms with Crippen LogP contribution in [-0.4, -0.2) is 20.4 Å². The Kier molecular flexibility index (Phi) is 4.13. The van der Waals surface area contributed by atoms with E-state index < -0.39 is 0 Å². The number of fused-ring (bicyclic) bond motifs is 2. The van der Waals surface area contributed by atoms with Crippen molar-refractivity contribution < 1.29 is 4.79 Å². The van der Waals surface area contributed by atoms with Crippen molar-refractivity contribution in [3.05, 3.63) is 78.2 Å². The number of pyridine rings is 1. The van der Waals surface area contributed by atoms with Gasteiger partial charge in [0, 0.05) is 17.4 Å². The van der Waals surface area contributed by atoms with E-state index in [1.807, 2.05) is 47.0 Å². The Hall–Kier alpha value is -3.47. The van der Waals surface area contributed by atoms with Crippen molar-refractivity contribution >= 4 is 22.6 Å². The first-order valence-electron chi connectivity index (χ1n) is 9.55. The highest BCUT2D eigenvalue weighted by Gasteiger charge is 2.14.